The zero-order chi connectivity index (χ0) is 19.8. The Balaban J connectivity index is 0.00000280. The molecule has 0 amide bonds. The molecule has 1 aliphatic rings. The van der Waals surface area contributed by atoms with Crippen molar-refractivity contribution >= 4 is 7.82 Å². The van der Waals surface area contributed by atoms with Gasteiger partial charge in [0, 0.05) is 12.5 Å². The van der Waals surface area contributed by atoms with Crippen LogP contribution in [0.15, 0.2) is 39.9 Å². The van der Waals surface area contributed by atoms with Crippen molar-refractivity contribution in [1.82, 2.24) is 9.55 Å². The van der Waals surface area contributed by atoms with Crippen LogP contribution >= 0.6 is 7.82 Å². The number of ether oxygens (including phenoxy) is 1. The summed E-state index contributed by atoms with van der Waals surface area (Å²) in [5.41, 5.74) is -1.02. The van der Waals surface area contributed by atoms with Gasteiger partial charge < -0.3 is 24.2 Å². The molecule has 10 nitrogen and oxygen atoms in total. The van der Waals surface area contributed by atoms with Gasteiger partial charge in [0.05, 0.1) is 18.4 Å². The maximum Gasteiger partial charge on any atom is 1.00 e. The molecule has 13 heteroatoms. The summed E-state index contributed by atoms with van der Waals surface area (Å²) in [5.74, 6) is -0.506. The third kappa shape index (κ3) is 5.47. The summed E-state index contributed by atoms with van der Waals surface area (Å²) in [7, 11) is -5.01. The van der Waals surface area contributed by atoms with Crippen LogP contribution in [-0.4, -0.2) is 38.4 Å². The third-order valence-corrected chi connectivity index (χ3v) is 4.49. The fraction of sp³-hybridized carbons (Fsp3) is 0.333. The van der Waals surface area contributed by atoms with Gasteiger partial charge in [-0.15, -0.1) is 0 Å². The van der Waals surface area contributed by atoms with E-state index in [1.807, 2.05) is 0 Å². The molecule has 1 aromatic heterocycles. The molecule has 4 atom stereocenters. The molecule has 1 aliphatic heterocycles. The van der Waals surface area contributed by atoms with Gasteiger partial charge in [-0.2, -0.15) is 0 Å². The van der Waals surface area contributed by atoms with Crippen molar-refractivity contribution in [3.63, 3.8) is 0 Å². The van der Waals surface area contributed by atoms with Crippen LogP contribution in [0.25, 0.3) is 11.3 Å². The molecule has 0 aliphatic carbocycles. The van der Waals surface area contributed by atoms with E-state index >= 15 is 0 Å². The van der Waals surface area contributed by atoms with E-state index in [0.29, 0.717) is 5.56 Å². The molecule has 3 N–H and O–H groups in total. The van der Waals surface area contributed by atoms with E-state index in [1.165, 1.54) is 12.1 Å². The smallest absolute Gasteiger partial charge is 0.756 e. The van der Waals surface area contributed by atoms with Crippen LogP contribution in [-0.2, 0) is 13.8 Å². The number of aromatic nitrogens is 2. The topological polar surface area (TPSA) is 154 Å². The van der Waals surface area contributed by atoms with Crippen LogP contribution in [0.2, 0.25) is 0 Å². The first-order chi connectivity index (χ1) is 12.6. The molecule has 1 unspecified atom stereocenters. The summed E-state index contributed by atoms with van der Waals surface area (Å²) in [5, 5.41) is 10.0. The Morgan fingerprint density at radius 1 is 1.36 bits per heavy atom. The SMILES string of the molecule is O=c1cc(-c2ccc(F)cc2)n([C@H]2C[C@H](O)[C@@H](COP(=O)([O-])O)O2)c(=O)[nH]1.[Na+]. The number of nitrogens with zero attached hydrogens (tertiary/aromatic N) is 1. The molecule has 2 aromatic rings. The summed E-state index contributed by atoms with van der Waals surface area (Å²) < 4.78 is 34.6. The summed E-state index contributed by atoms with van der Waals surface area (Å²) >= 11 is 0. The number of aromatic amines is 1. The van der Waals surface area contributed by atoms with Gasteiger partial charge in [0.2, 0.25) is 0 Å². The second kappa shape index (κ2) is 9.12. The zero-order valence-corrected chi connectivity index (χ0v) is 17.5. The first kappa shape index (κ1) is 23.1. The van der Waals surface area contributed by atoms with Crippen molar-refractivity contribution in [2.24, 2.45) is 0 Å². The molecule has 0 bridgehead atoms. The fourth-order valence-electron chi connectivity index (χ4n) is 2.82. The van der Waals surface area contributed by atoms with E-state index in [9.17, 15) is 28.5 Å². The average Bonchev–Trinajstić information content (AvgIpc) is 2.92. The predicted molar refractivity (Wildman–Crippen MR) is 87.0 cm³/mol. The Morgan fingerprint density at radius 3 is 2.61 bits per heavy atom. The number of phosphoric acid groups is 1. The zero-order valence-electron chi connectivity index (χ0n) is 14.6. The Morgan fingerprint density at radius 2 is 2.00 bits per heavy atom. The van der Waals surface area contributed by atoms with Crippen molar-refractivity contribution in [1.29, 1.82) is 0 Å². The van der Waals surface area contributed by atoms with Gasteiger partial charge in [0.25, 0.3) is 13.4 Å². The number of aliphatic hydroxyl groups excluding tert-OH is 1. The number of hydrogen-bond donors (Lipinski definition) is 3. The van der Waals surface area contributed by atoms with Crippen LogP contribution in [0.5, 0.6) is 0 Å². The quantitative estimate of drug-likeness (QED) is 0.330. The number of hydrogen-bond acceptors (Lipinski definition) is 7. The van der Waals surface area contributed by atoms with Crippen molar-refractivity contribution < 1.29 is 62.7 Å². The van der Waals surface area contributed by atoms with Crippen LogP contribution < -0.4 is 45.7 Å². The van der Waals surface area contributed by atoms with Gasteiger partial charge >= 0.3 is 35.2 Å². The Kier molecular flexibility index (Phi) is 7.54. The van der Waals surface area contributed by atoms with Crippen LogP contribution in [0.1, 0.15) is 12.6 Å². The van der Waals surface area contributed by atoms with E-state index in [4.69, 9.17) is 9.63 Å². The average molecular weight is 424 g/mol. The minimum Gasteiger partial charge on any atom is -0.756 e. The van der Waals surface area contributed by atoms with Crippen LogP contribution in [0.3, 0.4) is 0 Å². The van der Waals surface area contributed by atoms with Gasteiger partial charge in [-0.25, -0.2) is 9.18 Å². The number of rotatable bonds is 5. The maximum absolute atomic E-state index is 13.2. The van der Waals surface area contributed by atoms with E-state index in [2.05, 4.69) is 9.51 Å². The molecule has 146 valence electrons. The maximum atomic E-state index is 13.2. The second-order valence-electron chi connectivity index (χ2n) is 5.90. The molecule has 2 heterocycles. The molecule has 0 saturated carbocycles. The normalized spacial score (nSPS) is 23.8. The molecule has 1 fully saturated rings. The molecule has 1 saturated heterocycles. The minimum atomic E-state index is -5.01. The van der Waals surface area contributed by atoms with Gasteiger partial charge in [0.1, 0.15) is 18.1 Å². The third-order valence-electron chi connectivity index (χ3n) is 4.01. The minimum absolute atomic E-state index is 0. The molecule has 0 radical (unpaired) electrons. The molecular formula is C15H15FN2NaO8P. The van der Waals surface area contributed by atoms with Crippen molar-refractivity contribution in [2.75, 3.05) is 6.61 Å². The van der Waals surface area contributed by atoms with E-state index in [-0.39, 0.29) is 41.7 Å². The second-order valence-corrected chi connectivity index (χ2v) is 7.09. The Hall–Kier alpha value is -1.14. The van der Waals surface area contributed by atoms with Gasteiger partial charge in [-0.05, 0) is 29.8 Å². The fourth-order valence-corrected chi connectivity index (χ4v) is 3.16. The number of halogens is 1. The number of aliphatic hydroxyl groups is 1. The summed E-state index contributed by atoms with van der Waals surface area (Å²) in [6.07, 6.45) is -3.49. The Labute approximate surface area is 179 Å². The summed E-state index contributed by atoms with van der Waals surface area (Å²) in [6, 6.07) is 6.16. The number of H-pyrrole nitrogens is 1. The number of benzene rings is 1. The molecule has 3 rings (SSSR count). The van der Waals surface area contributed by atoms with Crippen molar-refractivity contribution in [2.45, 2.75) is 24.9 Å². The van der Waals surface area contributed by atoms with Crippen LogP contribution in [0, 0.1) is 5.82 Å². The van der Waals surface area contributed by atoms with E-state index in [1.54, 1.807) is 0 Å². The molecule has 28 heavy (non-hydrogen) atoms. The van der Waals surface area contributed by atoms with E-state index < -0.39 is 49.9 Å². The van der Waals surface area contributed by atoms with Gasteiger partial charge in [-0.1, -0.05) is 0 Å². The van der Waals surface area contributed by atoms with Gasteiger partial charge in [-0.3, -0.25) is 18.9 Å². The first-order valence-corrected chi connectivity index (χ1v) is 9.27. The number of phosphoric ester groups is 1. The van der Waals surface area contributed by atoms with Crippen molar-refractivity contribution in [3.05, 3.63) is 57.0 Å². The molecule has 1 aromatic carbocycles. The van der Waals surface area contributed by atoms with Crippen molar-refractivity contribution in [3.8, 4) is 11.3 Å². The number of nitrogens with one attached hydrogen (secondary N) is 1. The van der Waals surface area contributed by atoms with E-state index in [0.717, 1.165) is 22.8 Å². The first-order valence-electron chi connectivity index (χ1n) is 7.78. The summed E-state index contributed by atoms with van der Waals surface area (Å²) in [4.78, 5) is 45.5. The molecular weight excluding hydrogens is 409 g/mol. The Bertz CT molecular complexity index is 989. The van der Waals surface area contributed by atoms with Crippen LogP contribution in [0.4, 0.5) is 4.39 Å². The molecule has 0 spiro atoms. The standard InChI is InChI=1S/C15H16FN2O8P.Na/c16-9-3-1-8(2-4-9)10-5-13(20)17-15(21)18(10)14-6-11(19)12(26-14)7-25-27(22,23)24;/h1-5,11-12,14,19H,6-7H2,(H,17,20,21)(H2,22,23,24);/q;+1/p-1/t11-,12+,14+;/m0./s1. The summed E-state index contributed by atoms with van der Waals surface area (Å²) in [6.45, 7) is -0.654. The van der Waals surface area contributed by atoms with Gasteiger partial charge in [0.15, 0.2) is 0 Å². The predicted octanol–water partition coefficient (Wildman–Crippen LogP) is -3.53. The monoisotopic (exact) mass is 424 g/mol. The largest absolute Gasteiger partial charge is 1.00 e.